The first kappa shape index (κ1) is 17.4. The van der Waals surface area contributed by atoms with E-state index in [0.29, 0.717) is 12.1 Å². The van der Waals surface area contributed by atoms with E-state index in [1.165, 1.54) is 10.6 Å². The van der Waals surface area contributed by atoms with E-state index in [2.05, 4.69) is 4.98 Å². The van der Waals surface area contributed by atoms with Gasteiger partial charge in [0.05, 0.1) is 4.92 Å². The van der Waals surface area contributed by atoms with E-state index in [0.717, 1.165) is 5.56 Å². The van der Waals surface area contributed by atoms with Gasteiger partial charge < -0.3 is 10.0 Å². The van der Waals surface area contributed by atoms with Crippen molar-refractivity contribution in [1.29, 1.82) is 0 Å². The van der Waals surface area contributed by atoms with Crippen LogP contribution in [0.1, 0.15) is 12.5 Å². The lowest BCUT2D eigenvalue weighted by Crippen LogP contribution is -2.34. The number of hydrogen-bond acceptors (Lipinski definition) is 6. The van der Waals surface area contributed by atoms with Gasteiger partial charge in [0.2, 0.25) is 5.82 Å². The van der Waals surface area contributed by atoms with E-state index < -0.39 is 16.2 Å². The Labute approximate surface area is 149 Å². The summed E-state index contributed by atoms with van der Waals surface area (Å²) in [5.41, 5.74) is 0.0529. The van der Waals surface area contributed by atoms with Crippen molar-refractivity contribution in [3.63, 3.8) is 0 Å². The maximum absolute atomic E-state index is 12.5. The molecule has 0 spiro atoms. The van der Waals surface area contributed by atoms with Crippen molar-refractivity contribution in [1.82, 2.24) is 9.38 Å². The van der Waals surface area contributed by atoms with Gasteiger partial charge in [-0.3, -0.25) is 19.3 Å². The Hall–Kier alpha value is -3.42. The van der Waals surface area contributed by atoms with Gasteiger partial charge in [0, 0.05) is 19.3 Å². The summed E-state index contributed by atoms with van der Waals surface area (Å²) in [6.45, 7) is 1.89. The zero-order chi connectivity index (χ0) is 18.8. The lowest BCUT2D eigenvalue weighted by atomic mass is 10.1. The molecule has 1 atom stereocenters. The predicted octanol–water partition coefficient (Wildman–Crippen LogP) is 2.38. The molecule has 8 nitrogen and oxygen atoms in total. The number of rotatable bonds is 5. The fourth-order valence-electron chi connectivity index (χ4n) is 2.79. The Morgan fingerprint density at radius 2 is 1.96 bits per heavy atom. The summed E-state index contributed by atoms with van der Waals surface area (Å²) >= 11 is 0. The van der Waals surface area contributed by atoms with Gasteiger partial charge in [-0.25, -0.2) is 4.98 Å². The zero-order valence-electron chi connectivity index (χ0n) is 14.4. The van der Waals surface area contributed by atoms with E-state index in [9.17, 15) is 20.0 Å². The first-order chi connectivity index (χ1) is 12.4. The quantitative estimate of drug-likeness (QED) is 0.558. The highest BCUT2D eigenvalue weighted by molar-refractivity contribution is 5.61. The Balaban J connectivity index is 2.02. The molecule has 0 saturated carbocycles. The fraction of sp³-hybridized carbons (Fsp3) is 0.222. The van der Waals surface area contributed by atoms with Gasteiger partial charge in [-0.1, -0.05) is 18.2 Å². The van der Waals surface area contributed by atoms with Crippen LogP contribution in [0, 0.1) is 10.1 Å². The lowest BCUT2D eigenvalue weighted by molar-refractivity contribution is -0.385. The second-order valence-corrected chi connectivity index (χ2v) is 6.11. The lowest BCUT2D eigenvalue weighted by Gasteiger charge is -2.25. The number of benzene rings is 1. The standard InChI is InChI=1S/C18H18N4O4/c1-12(11-13-6-8-14(23)9-7-13)20(2)17-16(22(25)26)18(24)21-10-4-3-5-15(21)19-17/h3-10,12,23H,11H2,1-2H3. The van der Waals surface area contributed by atoms with Crippen molar-refractivity contribution in [3.8, 4) is 5.75 Å². The van der Waals surface area contributed by atoms with Gasteiger partial charge in [-0.2, -0.15) is 0 Å². The predicted molar refractivity (Wildman–Crippen MR) is 97.8 cm³/mol. The highest BCUT2D eigenvalue weighted by Gasteiger charge is 2.28. The third kappa shape index (κ3) is 3.21. The van der Waals surface area contributed by atoms with Gasteiger partial charge in [0.1, 0.15) is 11.4 Å². The van der Waals surface area contributed by atoms with Crippen molar-refractivity contribution < 1.29 is 10.0 Å². The van der Waals surface area contributed by atoms with E-state index in [1.807, 2.05) is 6.92 Å². The fourth-order valence-corrected chi connectivity index (χ4v) is 2.79. The number of fused-ring (bicyclic) bond motifs is 1. The van der Waals surface area contributed by atoms with Crippen LogP contribution in [0.25, 0.3) is 5.65 Å². The largest absolute Gasteiger partial charge is 0.508 e. The topological polar surface area (TPSA) is 101 Å². The summed E-state index contributed by atoms with van der Waals surface area (Å²) < 4.78 is 1.17. The van der Waals surface area contributed by atoms with Crippen LogP contribution >= 0.6 is 0 Å². The highest BCUT2D eigenvalue weighted by atomic mass is 16.6. The molecule has 134 valence electrons. The molecule has 0 aliphatic heterocycles. The third-order valence-corrected chi connectivity index (χ3v) is 4.34. The van der Waals surface area contributed by atoms with Crippen molar-refractivity contribution in [2.45, 2.75) is 19.4 Å². The average molecular weight is 354 g/mol. The van der Waals surface area contributed by atoms with Crippen molar-refractivity contribution >= 4 is 17.2 Å². The van der Waals surface area contributed by atoms with Gasteiger partial charge >= 0.3 is 11.2 Å². The van der Waals surface area contributed by atoms with Crippen LogP contribution in [0.3, 0.4) is 0 Å². The molecule has 8 heteroatoms. The van der Waals surface area contributed by atoms with Gasteiger partial charge in [-0.15, -0.1) is 0 Å². The van der Waals surface area contributed by atoms with Crippen LogP contribution in [0.15, 0.2) is 53.5 Å². The molecule has 26 heavy (non-hydrogen) atoms. The molecular formula is C18H18N4O4. The first-order valence-electron chi connectivity index (χ1n) is 8.05. The number of nitro groups is 1. The number of aromatic nitrogens is 2. The number of anilines is 1. The molecule has 0 amide bonds. The van der Waals surface area contributed by atoms with Crippen molar-refractivity contribution in [3.05, 3.63) is 74.7 Å². The smallest absolute Gasteiger partial charge is 0.376 e. The molecule has 0 aliphatic carbocycles. The number of hydrogen-bond donors (Lipinski definition) is 1. The molecule has 0 aliphatic rings. The van der Waals surface area contributed by atoms with E-state index in [-0.39, 0.29) is 17.6 Å². The second-order valence-electron chi connectivity index (χ2n) is 6.11. The van der Waals surface area contributed by atoms with Crippen LogP contribution in [0.2, 0.25) is 0 Å². The minimum atomic E-state index is -0.709. The monoisotopic (exact) mass is 354 g/mol. The van der Waals surface area contributed by atoms with E-state index in [1.54, 1.807) is 54.4 Å². The zero-order valence-corrected chi connectivity index (χ0v) is 14.4. The number of phenolic OH excluding ortho intramolecular Hbond substituents is 1. The maximum atomic E-state index is 12.5. The SMILES string of the molecule is CC(Cc1ccc(O)cc1)N(C)c1nc2ccccn2c(=O)c1[N+](=O)[O-]. The van der Waals surface area contributed by atoms with Gasteiger partial charge in [0.25, 0.3) is 0 Å². The summed E-state index contributed by atoms with van der Waals surface area (Å²) in [5.74, 6) is 0.215. The molecule has 2 aromatic heterocycles. The minimum Gasteiger partial charge on any atom is -0.508 e. The van der Waals surface area contributed by atoms with Crippen LogP contribution < -0.4 is 10.5 Å². The number of aromatic hydroxyl groups is 1. The Kier molecular flexibility index (Phi) is 4.57. The van der Waals surface area contributed by atoms with Gasteiger partial charge in [0.15, 0.2) is 0 Å². The summed E-state index contributed by atoms with van der Waals surface area (Å²) in [6.07, 6.45) is 2.03. The Morgan fingerprint density at radius 1 is 1.27 bits per heavy atom. The molecule has 1 unspecified atom stereocenters. The first-order valence-corrected chi connectivity index (χ1v) is 8.05. The van der Waals surface area contributed by atoms with Crippen molar-refractivity contribution in [2.24, 2.45) is 0 Å². The number of likely N-dealkylation sites (N-methyl/N-ethyl adjacent to an activating group) is 1. The molecule has 3 aromatic rings. The molecule has 1 N–H and O–H groups in total. The molecule has 0 bridgehead atoms. The number of nitrogens with zero attached hydrogens (tertiary/aromatic N) is 4. The summed E-state index contributed by atoms with van der Waals surface area (Å²) in [4.78, 5) is 29.3. The molecular weight excluding hydrogens is 336 g/mol. The minimum absolute atomic E-state index is 0.0393. The number of phenols is 1. The average Bonchev–Trinajstić information content (AvgIpc) is 2.62. The van der Waals surface area contributed by atoms with Crippen LogP contribution in [0.5, 0.6) is 5.75 Å². The second kappa shape index (κ2) is 6.83. The van der Waals surface area contributed by atoms with Crippen LogP contribution in [-0.2, 0) is 6.42 Å². The highest BCUT2D eigenvalue weighted by Crippen LogP contribution is 2.24. The summed E-state index contributed by atoms with van der Waals surface area (Å²) in [7, 11) is 1.68. The molecule has 1 aromatic carbocycles. The Morgan fingerprint density at radius 3 is 2.62 bits per heavy atom. The summed E-state index contributed by atoms with van der Waals surface area (Å²) in [5, 5.41) is 20.9. The van der Waals surface area contributed by atoms with E-state index >= 15 is 0 Å². The molecule has 0 fully saturated rings. The molecule has 0 saturated heterocycles. The Bertz CT molecular complexity index is 1010. The van der Waals surface area contributed by atoms with Crippen molar-refractivity contribution in [2.75, 3.05) is 11.9 Å². The normalized spacial score (nSPS) is 12.1. The van der Waals surface area contributed by atoms with E-state index in [4.69, 9.17) is 0 Å². The van der Waals surface area contributed by atoms with Crippen LogP contribution in [0.4, 0.5) is 11.5 Å². The molecule has 3 rings (SSSR count). The molecule has 2 heterocycles. The van der Waals surface area contributed by atoms with Crippen LogP contribution in [-0.4, -0.2) is 32.5 Å². The van der Waals surface area contributed by atoms with Gasteiger partial charge in [-0.05, 0) is 43.2 Å². The third-order valence-electron chi connectivity index (χ3n) is 4.34. The number of pyridine rings is 1. The maximum Gasteiger partial charge on any atom is 0.376 e. The molecule has 0 radical (unpaired) electrons. The summed E-state index contributed by atoms with van der Waals surface area (Å²) in [6, 6.07) is 11.6.